The molecule has 0 bridgehead atoms. The largest absolute Gasteiger partial charge is 0.395 e. The Hall–Kier alpha value is -0.0800. The van der Waals surface area contributed by atoms with E-state index in [9.17, 15) is 0 Å². The summed E-state index contributed by atoms with van der Waals surface area (Å²) in [6, 6.07) is -0.373. The van der Waals surface area contributed by atoms with E-state index in [1.807, 2.05) is 6.92 Å². The van der Waals surface area contributed by atoms with Crippen LogP contribution in [0.25, 0.3) is 0 Å². The molecule has 0 aromatic rings. The molecular formula is C6H13NO. The van der Waals surface area contributed by atoms with E-state index in [2.05, 4.69) is 5.32 Å². The highest BCUT2D eigenvalue weighted by molar-refractivity contribution is 4.77. The molecule has 48 valence electrons. The van der Waals surface area contributed by atoms with Gasteiger partial charge in [-0.25, -0.2) is 0 Å². The smallest absolute Gasteiger partial charge is 0.0584 e. The van der Waals surface area contributed by atoms with E-state index < -0.39 is 6.56 Å². The topological polar surface area (TPSA) is 32.3 Å². The van der Waals surface area contributed by atoms with Crippen LogP contribution in [0, 0.1) is 5.92 Å². The molecule has 2 atom stereocenters. The summed E-state index contributed by atoms with van der Waals surface area (Å²) in [6.45, 7) is 0.800. The van der Waals surface area contributed by atoms with E-state index in [4.69, 9.17) is 7.85 Å². The Labute approximate surface area is 52.7 Å². The monoisotopic (exact) mass is 117 g/mol. The lowest BCUT2D eigenvalue weighted by molar-refractivity contribution is 0.253. The molecule has 0 unspecified atom stereocenters. The maximum absolute atomic E-state index is 8.91. The first kappa shape index (κ1) is 3.85. The fourth-order valence-corrected chi connectivity index (χ4v) is 1.01. The fraction of sp³-hybridized carbons (Fsp3) is 1.00. The van der Waals surface area contributed by atoms with E-state index in [0.29, 0.717) is 5.92 Å². The van der Waals surface area contributed by atoms with Crippen molar-refractivity contribution in [1.82, 2.24) is 5.32 Å². The minimum absolute atomic E-state index is 0.373. The first-order valence-corrected chi connectivity index (χ1v) is 2.96. The second-order valence-corrected chi connectivity index (χ2v) is 2.43. The summed E-state index contributed by atoms with van der Waals surface area (Å²) >= 11 is 0. The van der Waals surface area contributed by atoms with Crippen LogP contribution in [0.2, 0.25) is 0 Å². The van der Waals surface area contributed by atoms with Crippen LogP contribution in [0.5, 0.6) is 0 Å². The summed E-state index contributed by atoms with van der Waals surface area (Å²) in [5.41, 5.74) is 0. The number of hydrogen-bond acceptors (Lipinski definition) is 2. The molecule has 0 aromatic heterocycles. The molecule has 0 spiro atoms. The lowest BCUT2D eigenvalue weighted by Gasteiger charge is -2.02. The third kappa shape index (κ3) is 1.20. The van der Waals surface area contributed by atoms with Crippen LogP contribution in [0.3, 0.4) is 0 Å². The SMILES string of the molecule is [2H]C([2H])(O)[C@@H]1C[C@H](C)CN1. The molecule has 2 N–H and O–H groups in total. The van der Waals surface area contributed by atoms with E-state index >= 15 is 0 Å². The van der Waals surface area contributed by atoms with Crippen LogP contribution in [0.1, 0.15) is 16.1 Å². The summed E-state index contributed by atoms with van der Waals surface area (Å²) in [5, 5.41) is 11.8. The summed E-state index contributed by atoms with van der Waals surface area (Å²) in [5.74, 6) is 0.479. The fourth-order valence-electron chi connectivity index (χ4n) is 1.01. The summed E-state index contributed by atoms with van der Waals surface area (Å²) in [6.07, 6.45) is 0.726. The van der Waals surface area contributed by atoms with Gasteiger partial charge in [0.1, 0.15) is 0 Å². The molecule has 0 aromatic carbocycles. The van der Waals surface area contributed by atoms with Crippen molar-refractivity contribution in [3.05, 3.63) is 0 Å². The van der Waals surface area contributed by atoms with Gasteiger partial charge in [-0.05, 0) is 18.9 Å². The standard InChI is InChI=1S/C6H13NO/c1-5-2-6(4-8)7-3-5/h5-8H,2-4H2,1H3/t5-,6-/m0/s1/i4D2. The predicted molar refractivity (Wildman–Crippen MR) is 32.7 cm³/mol. The molecule has 0 saturated carbocycles. The van der Waals surface area contributed by atoms with Crippen LogP contribution < -0.4 is 5.32 Å². The molecule has 2 nitrogen and oxygen atoms in total. The van der Waals surface area contributed by atoms with Gasteiger partial charge in [0.15, 0.2) is 0 Å². The Morgan fingerprint density at radius 1 is 2.00 bits per heavy atom. The third-order valence-electron chi connectivity index (χ3n) is 1.51. The number of nitrogens with one attached hydrogen (secondary N) is 1. The van der Waals surface area contributed by atoms with Gasteiger partial charge >= 0.3 is 0 Å². The van der Waals surface area contributed by atoms with Crippen molar-refractivity contribution < 1.29 is 7.85 Å². The average molecular weight is 117 g/mol. The molecule has 1 fully saturated rings. The van der Waals surface area contributed by atoms with Crippen LogP contribution in [-0.2, 0) is 0 Å². The molecule has 0 aliphatic carbocycles. The van der Waals surface area contributed by atoms with Crippen LogP contribution in [-0.4, -0.2) is 24.3 Å². The van der Waals surface area contributed by atoms with Gasteiger partial charge < -0.3 is 10.4 Å². The highest BCUT2D eigenvalue weighted by Crippen LogP contribution is 2.11. The normalized spacial score (nSPS) is 43.8. The summed E-state index contributed by atoms with van der Waals surface area (Å²) in [7, 11) is 0. The van der Waals surface area contributed by atoms with Crippen LogP contribution in [0.4, 0.5) is 0 Å². The van der Waals surface area contributed by atoms with E-state index in [1.54, 1.807) is 0 Å². The molecule has 8 heavy (non-hydrogen) atoms. The zero-order chi connectivity index (χ0) is 7.78. The van der Waals surface area contributed by atoms with Crippen molar-refractivity contribution in [2.24, 2.45) is 5.92 Å². The highest BCUT2D eigenvalue weighted by Gasteiger charge is 2.18. The van der Waals surface area contributed by atoms with E-state index in [-0.39, 0.29) is 6.04 Å². The first-order valence-electron chi connectivity index (χ1n) is 3.96. The average Bonchev–Trinajstić information content (AvgIpc) is 2.11. The maximum Gasteiger partial charge on any atom is 0.0584 e. The van der Waals surface area contributed by atoms with Gasteiger partial charge in [-0.2, -0.15) is 0 Å². The quantitative estimate of drug-likeness (QED) is 0.506. The molecule has 1 rings (SSSR count). The van der Waals surface area contributed by atoms with Crippen molar-refractivity contribution in [3.63, 3.8) is 0 Å². The first-order chi connectivity index (χ1) is 4.50. The van der Waals surface area contributed by atoms with Crippen molar-refractivity contribution in [1.29, 1.82) is 0 Å². The van der Waals surface area contributed by atoms with E-state index in [1.165, 1.54) is 0 Å². The van der Waals surface area contributed by atoms with Gasteiger partial charge in [-0.1, -0.05) is 6.92 Å². The predicted octanol–water partition coefficient (Wildman–Crippen LogP) is -0.0233. The van der Waals surface area contributed by atoms with Crippen molar-refractivity contribution in [3.8, 4) is 0 Å². The summed E-state index contributed by atoms with van der Waals surface area (Å²) < 4.78 is 14.0. The van der Waals surface area contributed by atoms with Gasteiger partial charge in [0.2, 0.25) is 0 Å². The Bertz CT molecular complexity index is 123. The van der Waals surface area contributed by atoms with Gasteiger partial charge in [0.25, 0.3) is 0 Å². The van der Waals surface area contributed by atoms with Crippen molar-refractivity contribution in [2.45, 2.75) is 19.4 Å². The summed E-state index contributed by atoms with van der Waals surface area (Å²) in [4.78, 5) is 0. The molecule has 1 saturated heterocycles. The maximum atomic E-state index is 8.91. The number of rotatable bonds is 1. The Morgan fingerprint density at radius 3 is 3.00 bits per heavy atom. The molecule has 0 radical (unpaired) electrons. The lowest BCUT2D eigenvalue weighted by Crippen LogP contribution is -2.24. The number of hydrogen-bond donors (Lipinski definition) is 2. The van der Waals surface area contributed by atoms with E-state index in [0.717, 1.165) is 13.0 Å². The van der Waals surface area contributed by atoms with Crippen LogP contribution in [0.15, 0.2) is 0 Å². The zero-order valence-electron chi connectivity index (χ0n) is 7.02. The van der Waals surface area contributed by atoms with Gasteiger partial charge in [-0.15, -0.1) is 0 Å². The highest BCUT2D eigenvalue weighted by atomic mass is 16.3. The Morgan fingerprint density at radius 2 is 2.75 bits per heavy atom. The molecule has 0 amide bonds. The van der Waals surface area contributed by atoms with Crippen LogP contribution >= 0.6 is 0 Å². The molecule has 2 heteroatoms. The van der Waals surface area contributed by atoms with Gasteiger partial charge in [0.05, 0.1) is 9.30 Å². The second-order valence-electron chi connectivity index (χ2n) is 2.43. The minimum Gasteiger partial charge on any atom is -0.395 e. The third-order valence-corrected chi connectivity index (χ3v) is 1.51. The molecular weight excluding hydrogens is 102 g/mol. The Balaban J connectivity index is 2.45. The Kier molecular flexibility index (Phi) is 1.19. The molecule has 1 heterocycles. The van der Waals surface area contributed by atoms with Crippen molar-refractivity contribution in [2.75, 3.05) is 13.1 Å². The zero-order valence-corrected chi connectivity index (χ0v) is 5.02. The second kappa shape index (κ2) is 2.46. The number of aliphatic hydroxyl groups is 1. The van der Waals surface area contributed by atoms with Gasteiger partial charge in [0, 0.05) is 6.04 Å². The lowest BCUT2D eigenvalue weighted by atomic mass is 10.1. The van der Waals surface area contributed by atoms with Gasteiger partial charge in [-0.3, -0.25) is 0 Å². The molecule has 1 aliphatic rings. The minimum atomic E-state index is -2.05. The molecule has 1 aliphatic heterocycles. The van der Waals surface area contributed by atoms with Crippen molar-refractivity contribution >= 4 is 0 Å².